The number of rotatable bonds is 5. The van der Waals surface area contributed by atoms with Crippen molar-refractivity contribution in [2.45, 2.75) is 32.6 Å². The Morgan fingerprint density at radius 2 is 2.12 bits per heavy atom. The summed E-state index contributed by atoms with van der Waals surface area (Å²) in [5.74, 6) is -1.19. The minimum Gasteiger partial charge on any atom is -0.481 e. The van der Waals surface area contributed by atoms with Crippen LogP contribution in [0, 0.1) is 13.8 Å². The molecule has 0 aliphatic heterocycles. The Bertz CT molecular complexity index is 374. The van der Waals surface area contributed by atoms with E-state index in [0.29, 0.717) is 13.0 Å². The fourth-order valence-corrected chi connectivity index (χ4v) is 1.87. The number of carbonyl (C=O) groups is 1. The highest BCUT2D eigenvalue weighted by molar-refractivity contribution is 5.76. The van der Waals surface area contributed by atoms with Gasteiger partial charge >= 0.3 is 5.97 Å². The molecule has 3 N–H and O–H groups in total. The number of carboxylic acid groups (broad SMARTS) is 1. The molecule has 0 amide bonds. The summed E-state index contributed by atoms with van der Waals surface area (Å²) in [4.78, 5) is 11.2. The average Bonchev–Trinajstić information content (AvgIpc) is 2.23. The van der Waals surface area contributed by atoms with E-state index in [0.717, 1.165) is 23.1 Å². The van der Waals surface area contributed by atoms with E-state index in [4.69, 9.17) is 5.73 Å². The van der Waals surface area contributed by atoms with E-state index >= 15 is 0 Å². The molecule has 0 spiro atoms. The maximum absolute atomic E-state index is 11.2. The lowest BCUT2D eigenvalue weighted by Crippen LogP contribution is -2.15. The highest BCUT2D eigenvalue weighted by Crippen LogP contribution is 2.25. The maximum Gasteiger partial charge on any atom is 0.310 e. The minimum atomic E-state index is -0.762. The van der Waals surface area contributed by atoms with Crippen LogP contribution < -0.4 is 5.73 Å². The van der Waals surface area contributed by atoms with Crippen molar-refractivity contribution >= 4 is 5.97 Å². The fraction of sp³-hybridized carbons (Fsp3) is 0.462. The second-order valence-corrected chi connectivity index (χ2v) is 4.18. The average molecular weight is 221 g/mol. The predicted molar refractivity (Wildman–Crippen MR) is 64.6 cm³/mol. The molecule has 1 atom stereocenters. The van der Waals surface area contributed by atoms with Crippen LogP contribution in [0.4, 0.5) is 0 Å². The lowest BCUT2D eigenvalue weighted by Gasteiger charge is -2.15. The molecule has 0 aromatic heterocycles. The van der Waals surface area contributed by atoms with Gasteiger partial charge in [-0.3, -0.25) is 4.79 Å². The van der Waals surface area contributed by atoms with Gasteiger partial charge in [0.2, 0.25) is 0 Å². The first-order valence-corrected chi connectivity index (χ1v) is 5.56. The van der Waals surface area contributed by atoms with Gasteiger partial charge in [-0.1, -0.05) is 23.8 Å². The molecule has 0 saturated heterocycles. The SMILES string of the molecule is Cc1ccc(C)c(C(CCCN)C(=O)O)c1. The topological polar surface area (TPSA) is 63.3 Å². The molecule has 3 heteroatoms. The zero-order valence-corrected chi connectivity index (χ0v) is 9.86. The lowest BCUT2D eigenvalue weighted by atomic mass is 9.90. The van der Waals surface area contributed by atoms with Crippen LogP contribution in [0.2, 0.25) is 0 Å². The zero-order chi connectivity index (χ0) is 12.1. The molecular weight excluding hydrogens is 202 g/mol. The highest BCUT2D eigenvalue weighted by Gasteiger charge is 2.20. The van der Waals surface area contributed by atoms with Gasteiger partial charge in [0, 0.05) is 0 Å². The normalized spacial score (nSPS) is 12.4. The largest absolute Gasteiger partial charge is 0.481 e. The van der Waals surface area contributed by atoms with Crippen molar-refractivity contribution in [3.63, 3.8) is 0 Å². The van der Waals surface area contributed by atoms with Crippen molar-refractivity contribution in [3.05, 3.63) is 34.9 Å². The molecular formula is C13H19NO2. The van der Waals surface area contributed by atoms with Gasteiger partial charge in [0.1, 0.15) is 0 Å². The molecule has 1 aromatic rings. The quantitative estimate of drug-likeness (QED) is 0.801. The Labute approximate surface area is 96.3 Å². The summed E-state index contributed by atoms with van der Waals surface area (Å²) in [6.45, 7) is 4.46. The van der Waals surface area contributed by atoms with E-state index in [-0.39, 0.29) is 0 Å². The van der Waals surface area contributed by atoms with Crippen LogP contribution in [0.15, 0.2) is 18.2 Å². The van der Waals surface area contributed by atoms with Gasteiger partial charge in [0.05, 0.1) is 5.92 Å². The molecule has 0 aliphatic carbocycles. The Morgan fingerprint density at radius 3 is 2.69 bits per heavy atom. The summed E-state index contributed by atoms with van der Waals surface area (Å²) < 4.78 is 0. The number of benzene rings is 1. The van der Waals surface area contributed by atoms with E-state index in [9.17, 15) is 9.90 Å². The van der Waals surface area contributed by atoms with E-state index in [1.54, 1.807) is 0 Å². The smallest absolute Gasteiger partial charge is 0.310 e. The van der Waals surface area contributed by atoms with Crippen molar-refractivity contribution in [1.29, 1.82) is 0 Å². The summed E-state index contributed by atoms with van der Waals surface area (Å²) in [6.07, 6.45) is 1.35. The summed E-state index contributed by atoms with van der Waals surface area (Å²) in [5, 5.41) is 9.23. The Balaban J connectivity index is 3.00. The molecule has 0 radical (unpaired) electrons. The van der Waals surface area contributed by atoms with Crippen LogP contribution in [-0.2, 0) is 4.79 Å². The number of hydrogen-bond acceptors (Lipinski definition) is 2. The zero-order valence-electron chi connectivity index (χ0n) is 9.86. The molecule has 1 unspecified atom stereocenters. The standard InChI is InChI=1S/C13H19NO2/c1-9-5-6-10(2)12(8-9)11(13(15)16)4-3-7-14/h5-6,8,11H,3-4,7,14H2,1-2H3,(H,15,16). The number of nitrogens with two attached hydrogens (primary N) is 1. The summed E-state index contributed by atoms with van der Waals surface area (Å²) in [5.41, 5.74) is 8.48. The molecule has 1 aromatic carbocycles. The van der Waals surface area contributed by atoms with Crippen molar-refractivity contribution in [2.24, 2.45) is 5.73 Å². The van der Waals surface area contributed by atoms with Gasteiger partial charge in [-0.2, -0.15) is 0 Å². The van der Waals surface area contributed by atoms with Crippen LogP contribution in [0.5, 0.6) is 0 Å². The van der Waals surface area contributed by atoms with Gasteiger partial charge < -0.3 is 10.8 Å². The third kappa shape index (κ3) is 3.07. The third-order valence-electron chi connectivity index (χ3n) is 2.81. The first-order chi connectivity index (χ1) is 7.56. The third-order valence-corrected chi connectivity index (χ3v) is 2.81. The van der Waals surface area contributed by atoms with E-state index in [2.05, 4.69) is 0 Å². The highest BCUT2D eigenvalue weighted by atomic mass is 16.4. The Morgan fingerprint density at radius 1 is 1.44 bits per heavy atom. The maximum atomic E-state index is 11.2. The molecule has 88 valence electrons. The predicted octanol–water partition coefficient (Wildman–Crippen LogP) is 2.21. The van der Waals surface area contributed by atoms with E-state index in [1.165, 1.54) is 0 Å². The van der Waals surface area contributed by atoms with Crippen LogP contribution >= 0.6 is 0 Å². The van der Waals surface area contributed by atoms with Crippen LogP contribution in [-0.4, -0.2) is 17.6 Å². The Hall–Kier alpha value is -1.35. The van der Waals surface area contributed by atoms with Gasteiger partial charge in [-0.25, -0.2) is 0 Å². The number of hydrogen-bond donors (Lipinski definition) is 2. The molecule has 0 heterocycles. The molecule has 3 nitrogen and oxygen atoms in total. The summed E-state index contributed by atoms with van der Waals surface area (Å²) in [7, 11) is 0. The molecule has 1 rings (SSSR count). The van der Waals surface area contributed by atoms with E-state index in [1.807, 2.05) is 32.0 Å². The molecule has 0 saturated carbocycles. The summed E-state index contributed by atoms with van der Waals surface area (Å²) >= 11 is 0. The molecule has 0 bridgehead atoms. The minimum absolute atomic E-state index is 0.427. The van der Waals surface area contributed by atoms with Gasteiger partial charge in [0.25, 0.3) is 0 Å². The van der Waals surface area contributed by atoms with Gasteiger partial charge in [-0.05, 0) is 44.4 Å². The van der Waals surface area contributed by atoms with Crippen molar-refractivity contribution in [1.82, 2.24) is 0 Å². The molecule has 0 aliphatic rings. The Kier molecular flexibility index (Phi) is 4.50. The monoisotopic (exact) mass is 221 g/mol. The number of aliphatic carboxylic acids is 1. The lowest BCUT2D eigenvalue weighted by molar-refractivity contribution is -0.139. The van der Waals surface area contributed by atoms with Crippen LogP contribution in [0.25, 0.3) is 0 Å². The number of aryl methyl sites for hydroxylation is 2. The van der Waals surface area contributed by atoms with Crippen molar-refractivity contribution in [2.75, 3.05) is 6.54 Å². The second-order valence-electron chi connectivity index (χ2n) is 4.18. The van der Waals surface area contributed by atoms with Crippen molar-refractivity contribution < 1.29 is 9.90 Å². The first kappa shape index (κ1) is 12.7. The summed E-state index contributed by atoms with van der Waals surface area (Å²) in [6, 6.07) is 5.94. The van der Waals surface area contributed by atoms with Gasteiger partial charge in [-0.15, -0.1) is 0 Å². The number of carboxylic acids is 1. The van der Waals surface area contributed by atoms with Gasteiger partial charge in [0.15, 0.2) is 0 Å². The molecule has 0 fully saturated rings. The van der Waals surface area contributed by atoms with Crippen LogP contribution in [0.1, 0.15) is 35.4 Å². The first-order valence-electron chi connectivity index (χ1n) is 5.56. The van der Waals surface area contributed by atoms with Crippen LogP contribution in [0.3, 0.4) is 0 Å². The molecule has 16 heavy (non-hydrogen) atoms. The van der Waals surface area contributed by atoms with Crippen molar-refractivity contribution in [3.8, 4) is 0 Å². The van der Waals surface area contributed by atoms with E-state index < -0.39 is 11.9 Å². The second kappa shape index (κ2) is 5.66. The fourth-order valence-electron chi connectivity index (χ4n) is 1.87.